The zero-order valence-electron chi connectivity index (χ0n) is 17.6. The summed E-state index contributed by atoms with van der Waals surface area (Å²) in [5.74, 6) is -2.02. The number of rotatable bonds is 7. The highest BCUT2D eigenvalue weighted by Crippen LogP contribution is 2.25. The van der Waals surface area contributed by atoms with Gasteiger partial charge in [-0.25, -0.2) is 9.59 Å². The van der Waals surface area contributed by atoms with Gasteiger partial charge in [-0.2, -0.15) is 8.42 Å². The summed E-state index contributed by atoms with van der Waals surface area (Å²) in [7, 11) is -1.97. The van der Waals surface area contributed by atoms with E-state index in [1.54, 1.807) is 31.2 Å². The number of benzene rings is 2. The number of carbonyl (C=O) groups excluding carboxylic acids is 3. The summed E-state index contributed by atoms with van der Waals surface area (Å²) in [5.41, 5.74) is 0.910. The molecule has 1 aromatic heterocycles. The SMILES string of the molecule is COC(=O)c1cc(NS(=O)(=O)c2nnc(NC(=O)c3ccccc3C)s2)cc(C(=O)OC)c1. The molecule has 0 atom stereocenters. The van der Waals surface area contributed by atoms with Crippen molar-refractivity contribution in [2.75, 3.05) is 24.3 Å². The summed E-state index contributed by atoms with van der Waals surface area (Å²) >= 11 is 0.630. The van der Waals surface area contributed by atoms with Gasteiger partial charge in [0.2, 0.25) is 5.13 Å². The van der Waals surface area contributed by atoms with Crippen molar-refractivity contribution in [2.24, 2.45) is 0 Å². The van der Waals surface area contributed by atoms with Crippen LogP contribution in [0, 0.1) is 6.92 Å². The van der Waals surface area contributed by atoms with E-state index in [0.29, 0.717) is 16.9 Å². The fourth-order valence-corrected chi connectivity index (χ4v) is 4.65. The highest BCUT2D eigenvalue weighted by Gasteiger charge is 2.23. The molecule has 0 saturated heterocycles. The standard InChI is InChI=1S/C20H18N4O7S2/c1-11-6-4-5-7-15(11)16(25)21-19-22-23-20(32-19)33(28,29)24-14-9-12(17(26)30-2)8-13(10-14)18(27)31-3/h4-10,24H,1-3H3,(H,21,22,25). The van der Waals surface area contributed by atoms with Gasteiger partial charge in [0.1, 0.15) is 0 Å². The molecule has 0 fully saturated rings. The van der Waals surface area contributed by atoms with Crippen LogP contribution in [0.5, 0.6) is 0 Å². The third-order valence-corrected chi connectivity index (χ3v) is 6.86. The van der Waals surface area contributed by atoms with Crippen molar-refractivity contribution in [1.82, 2.24) is 10.2 Å². The minimum atomic E-state index is -4.26. The number of methoxy groups -OCH3 is 2. The number of aromatic nitrogens is 2. The minimum absolute atomic E-state index is 0.0258. The predicted octanol–water partition coefficient (Wildman–Crippen LogP) is 2.47. The second-order valence-electron chi connectivity index (χ2n) is 6.53. The summed E-state index contributed by atoms with van der Waals surface area (Å²) in [6, 6.07) is 10.5. The molecule has 11 nitrogen and oxygen atoms in total. The topological polar surface area (TPSA) is 154 Å². The van der Waals surface area contributed by atoms with Gasteiger partial charge in [-0.15, -0.1) is 10.2 Å². The lowest BCUT2D eigenvalue weighted by atomic mass is 10.1. The third-order valence-electron chi connectivity index (χ3n) is 4.27. The molecule has 33 heavy (non-hydrogen) atoms. The van der Waals surface area contributed by atoms with Crippen LogP contribution in [0.15, 0.2) is 46.8 Å². The van der Waals surface area contributed by atoms with E-state index in [-0.39, 0.29) is 21.9 Å². The Bertz CT molecular complexity index is 1300. The smallest absolute Gasteiger partial charge is 0.337 e. The van der Waals surface area contributed by atoms with Gasteiger partial charge in [0.15, 0.2) is 0 Å². The fraction of sp³-hybridized carbons (Fsp3) is 0.150. The predicted molar refractivity (Wildman–Crippen MR) is 119 cm³/mol. The zero-order chi connectivity index (χ0) is 24.2. The first-order valence-electron chi connectivity index (χ1n) is 9.19. The second-order valence-corrected chi connectivity index (χ2v) is 9.36. The maximum absolute atomic E-state index is 12.8. The van der Waals surface area contributed by atoms with Crippen LogP contribution in [-0.4, -0.2) is 50.7 Å². The van der Waals surface area contributed by atoms with Gasteiger partial charge in [-0.1, -0.05) is 29.5 Å². The summed E-state index contributed by atoms with van der Waals surface area (Å²) < 4.78 is 36.6. The molecule has 0 aliphatic carbocycles. The van der Waals surface area contributed by atoms with Gasteiger partial charge in [0.05, 0.1) is 31.0 Å². The first-order chi connectivity index (χ1) is 15.6. The molecule has 2 N–H and O–H groups in total. The van der Waals surface area contributed by atoms with Crippen molar-refractivity contribution in [3.63, 3.8) is 0 Å². The molecule has 13 heteroatoms. The average molecular weight is 491 g/mol. The van der Waals surface area contributed by atoms with Gasteiger partial charge >= 0.3 is 11.9 Å². The molecule has 0 bridgehead atoms. The Balaban J connectivity index is 1.85. The molecule has 0 saturated carbocycles. The lowest BCUT2D eigenvalue weighted by molar-refractivity contribution is 0.0599. The van der Waals surface area contributed by atoms with E-state index in [1.807, 2.05) is 0 Å². The van der Waals surface area contributed by atoms with E-state index in [1.165, 1.54) is 18.2 Å². The highest BCUT2D eigenvalue weighted by atomic mass is 32.2. The number of anilines is 2. The molecule has 0 aliphatic heterocycles. The van der Waals surface area contributed by atoms with Crippen molar-refractivity contribution in [3.05, 3.63) is 64.7 Å². The molecule has 0 radical (unpaired) electrons. The Hall–Kier alpha value is -3.84. The minimum Gasteiger partial charge on any atom is -0.465 e. The van der Waals surface area contributed by atoms with E-state index in [9.17, 15) is 22.8 Å². The monoisotopic (exact) mass is 490 g/mol. The van der Waals surface area contributed by atoms with E-state index in [0.717, 1.165) is 19.8 Å². The van der Waals surface area contributed by atoms with Crippen LogP contribution >= 0.6 is 11.3 Å². The largest absolute Gasteiger partial charge is 0.465 e. The number of hydrogen-bond acceptors (Lipinski definition) is 10. The molecule has 0 unspecified atom stereocenters. The number of ether oxygens (including phenoxy) is 2. The Kier molecular flexibility index (Phi) is 7.04. The number of carbonyl (C=O) groups is 3. The Morgan fingerprint density at radius 3 is 2.12 bits per heavy atom. The fourth-order valence-electron chi connectivity index (χ4n) is 2.72. The number of nitrogens with one attached hydrogen (secondary N) is 2. The van der Waals surface area contributed by atoms with Crippen LogP contribution in [-0.2, 0) is 19.5 Å². The van der Waals surface area contributed by atoms with Crippen LogP contribution < -0.4 is 10.0 Å². The van der Waals surface area contributed by atoms with Crippen molar-refractivity contribution in [3.8, 4) is 0 Å². The molecule has 3 rings (SSSR count). The summed E-state index contributed by atoms with van der Waals surface area (Å²) in [4.78, 5) is 36.2. The van der Waals surface area contributed by atoms with E-state index in [2.05, 4.69) is 29.7 Å². The van der Waals surface area contributed by atoms with E-state index in [4.69, 9.17) is 0 Å². The first-order valence-corrected chi connectivity index (χ1v) is 11.5. The van der Waals surface area contributed by atoms with Crippen LogP contribution in [0.1, 0.15) is 36.6 Å². The summed E-state index contributed by atoms with van der Waals surface area (Å²) in [6.45, 7) is 1.76. The summed E-state index contributed by atoms with van der Waals surface area (Å²) in [5, 5.41) is 9.81. The number of amides is 1. The molecule has 0 aliphatic rings. The molecular weight excluding hydrogens is 472 g/mol. The zero-order valence-corrected chi connectivity index (χ0v) is 19.2. The van der Waals surface area contributed by atoms with Gasteiger partial charge in [0.25, 0.3) is 20.3 Å². The molecule has 3 aromatic rings. The Labute approximate surface area is 192 Å². The highest BCUT2D eigenvalue weighted by molar-refractivity contribution is 7.94. The van der Waals surface area contributed by atoms with Crippen molar-refractivity contribution >= 4 is 50.0 Å². The van der Waals surface area contributed by atoms with Crippen LogP contribution in [0.3, 0.4) is 0 Å². The maximum Gasteiger partial charge on any atom is 0.337 e. The number of hydrogen-bond donors (Lipinski definition) is 2. The van der Waals surface area contributed by atoms with Crippen molar-refractivity contribution in [1.29, 1.82) is 0 Å². The van der Waals surface area contributed by atoms with Crippen molar-refractivity contribution in [2.45, 2.75) is 11.3 Å². The number of esters is 2. The molecular formula is C20H18N4O7S2. The number of aryl methyl sites for hydroxylation is 1. The lowest BCUT2D eigenvalue weighted by Gasteiger charge is -2.09. The molecule has 2 aromatic carbocycles. The molecule has 1 heterocycles. The number of sulfonamides is 1. The van der Waals surface area contributed by atoms with Crippen LogP contribution in [0.4, 0.5) is 10.8 Å². The van der Waals surface area contributed by atoms with Crippen LogP contribution in [0.25, 0.3) is 0 Å². The first kappa shape index (κ1) is 23.8. The Morgan fingerprint density at radius 2 is 1.55 bits per heavy atom. The molecule has 172 valence electrons. The van der Waals surface area contributed by atoms with E-state index >= 15 is 0 Å². The third kappa shape index (κ3) is 5.51. The normalized spacial score (nSPS) is 10.9. The Morgan fingerprint density at radius 1 is 0.939 bits per heavy atom. The second kappa shape index (κ2) is 9.75. The summed E-state index contributed by atoms with van der Waals surface area (Å²) in [6.07, 6.45) is 0. The van der Waals surface area contributed by atoms with E-state index < -0.39 is 32.2 Å². The van der Waals surface area contributed by atoms with Crippen LogP contribution in [0.2, 0.25) is 0 Å². The van der Waals surface area contributed by atoms with Gasteiger partial charge in [0, 0.05) is 5.56 Å². The average Bonchev–Trinajstić information content (AvgIpc) is 3.27. The maximum atomic E-state index is 12.8. The quantitative estimate of drug-likeness (QED) is 0.375. The van der Waals surface area contributed by atoms with Gasteiger partial charge < -0.3 is 9.47 Å². The number of nitrogens with zero attached hydrogens (tertiary/aromatic N) is 2. The molecule has 0 spiro atoms. The van der Waals surface area contributed by atoms with Crippen molar-refractivity contribution < 1.29 is 32.3 Å². The van der Waals surface area contributed by atoms with Gasteiger partial charge in [-0.05, 0) is 36.8 Å². The van der Waals surface area contributed by atoms with Gasteiger partial charge in [-0.3, -0.25) is 14.8 Å². The lowest BCUT2D eigenvalue weighted by Crippen LogP contribution is -2.15. The molecule has 1 amide bonds.